The lowest BCUT2D eigenvalue weighted by Gasteiger charge is -2.31. The molecule has 1 aromatic carbocycles. The molecule has 102 valence electrons. The summed E-state index contributed by atoms with van der Waals surface area (Å²) in [5.74, 6) is 2.19. The van der Waals surface area contributed by atoms with E-state index in [0.29, 0.717) is 11.5 Å². The lowest BCUT2D eigenvalue weighted by atomic mass is 9.88. The molecule has 0 amide bonds. The van der Waals surface area contributed by atoms with Crippen molar-refractivity contribution in [3.05, 3.63) is 34.9 Å². The van der Waals surface area contributed by atoms with Gasteiger partial charge in [0.25, 0.3) is 0 Å². The van der Waals surface area contributed by atoms with Crippen LogP contribution < -0.4 is 5.32 Å². The average molecular weight is 286 g/mol. The standard InChI is InChI=1S/C15H24ClNS/c1-5-17-14(15(2,3)4)11-18-10-12-6-8-13(16)9-7-12/h6-9,14,17H,5,10-11H2,1-4H3. The number of benzene rings is 1. The largest absolute Gasteiger partial charge is 0.313 e. The predicted octanol–water partition coefficient (Wildman–Crippen LogP) is 4.60. The number of nitrogens with one attached hydrogen (secondary N) is 1. The second-order valence-corrected chi connectivity index (χ2v) is 7.08. The van der Waals surface area contributed by atoms with Crippen LogP contribution in [0.3, 0.4) is 0 Å². The fourth-order valence-corrected chi connectivity index (χ4v) is 3.26. The fourth-order valence-electron chi connectivity index (χ4n) is 1.74. The number of thioether (sulfide) groups is 1. The van der Waals surface area contributed by atoms with Gasteiger partial charge in [0.2, 0.25) is 0 Å². The summed E-state index contributed by atoms with van der Waals surface area (Å²) in [5.41, 5.74) is 1.65. The third-order valence-electron chi connectivity index (χ3n) is 2.96. The van der Waals surface area contributed by atoms with E-state index in [0.717, 1.165) is 23.1 Å². The van der Waals surface area contributed by atoms with Gasteiger partial charge < -0.3 is 5.32 Å². The molecule has 1 N–H and O–H groups in total. The molecule has 18 heavy (non-hydrogen) atoms. The molecule has 0 aliphatic heterocycles. The maximum atomic E-state index is 5.88. The SMILES string of the molecule is CCNC(CSCc1ccc(Cl)cc1)C(C)(C)C. The lowest BCUT2D eigenvalue weighted by molar-refractivity contribution is 0.295. The summed E-state index contributed by atoms with van der Waals surface area (Å²) in [4.78, 5) is 0. The van der Waals surface area contributed by atoms with E-state index in [-0.39, 0.29) is 0 Å². The minimum Gasteiger partial charge on any atom is -0.313 e. The first kappa shape index (κ1) is 15.9. The van der Waals surface area contributed by atoms with Gasteiger partial charge in [0.1, 0.15) is 0 Å². The van der Waals surface area contributed by atoms with Crippen LogP contribution in [0, 0.1) is 5.41 Å². The second kappa shape index (κ2) is 7.42. The maximum absolute atomic E-state index is 5.88. The van der Waals surface area contributed by atoms with Gasteiger partial charge in [-0.2, -0.15) is 11.8 Å². The van der Waals surface area contributed by atoms with E-state index in [4.69, 9.17) is 11.6 Å². The van der Waals surface area contributed by atoms with Crippen LogP contribution >= 0.6 is 23.4 Å². The molecule has 3 heteroatoms. The highest BCUT2D eigenvalue weighted by atomic mass is 35.5. The molecule has 1 nitrogen and oxygen atoms in total. The van der Waals surface area contributed by atoms with Crippen LogP contribution in [0.25, 0.3) is 0 Å². The van der Waals surface area contributed by atoms with Crippen LogP contribution in [0.5, 0.6) is 0 Å². The smallest absolute Gasteiger partial charge is 0.0406 e. The van der Waals surface area contributed by atoms with Crippen LogP contribution in [-0.4, -0.2) is 18.3 Å². The fraction of sp³-hybridized carbons (Fsp3) is 0.600. The zero-order valence-corrected chi connectivity index (χ0v) is 13.4. The number of halogens is 1. The molecule has 0 heterocycles. The Morgan fingerprint density at radius 2 is 1.83 bits per heavy atom. The summed E-state index contributed by atoms with van der Waals surface area (Å²) in [5, 5.41) is 4.39. The van der Waals surface area contributed by atoms with Gasteiger partial charge >= 0.3 is 0 Å². The van der Waals surface area contributed by atoms with E-state index in [1.165, 1.54) is 5.56 Å². The molecule has 1 aromatic rings. The third-order valence-corrected chi connectivity index (χ3v) is 4.32. The van der Waals surface area contributed by atoms with Crippen molar-refractivity contribution in [2.75, 3.05) is 12.3 Å². The van der Waals surface area contributed by atoms with Crippen LogP contribution in [0.2, 0.25) is 5.02 Å². The Labute approximate surface area is 121 Å². The van der Waals surface area contributed by atoms with Gasteiger partial charge in [0, 0.05) is 22.6 Å². The van der Waals surface area contributed by atoms with Crippen molar-refractivity contribution in [2.24, 2.45) is 5.41 Å². The Hall–Kier alpha value is -0.180. The van der Waals surface area contributed by atoms with E-state index in [1.807, 2.05) is 23.9 Å². The van der Waals surface area contributed by atoms with Gasteiger partial charge in [-0.25, -0.2) is 0 Å². The zero-order valence-electron chi connectivity index (χ0n) is 11.8. The molecule has 1 unspecified atom stereocenters. The van der Waals surface area contributed by atoms with Gasteiger partial charge in [0.05, 0.1) is 0 Å². The Morgan fingerprint density at radius 1 is 1.22 bits per heavy atom. The number of rotatable bonds is 6. The normalized spacial score (nSPS) is 13.6. The van der Waals surface area contributed by atoms with Crippen LogP contribution in [0.4, 0.5) is 0 Å². The highest BCUT2D eigenvalue weighted by Crippen LogP contribution is 2.24. The monoisotopic (exact) mass is 285 g/mol. The number of hydrogen-bond acceptors (Lipinski definition) is 2. The first-order valence-corrected chi connectivity index (χ1v) is 8.02. The molecule has 0 aliphatic rings. The molecular weight excluding hydrogens is 262 g/mol. The molecule has 1 atom stereocenters. The highest BCUT2D eigenvalue weighted by molar-refractivity contribution is 7.98. The molecule has 0 aromatic heterocycles. The molecule has 0 saturated carbocycles. The molecule has 1 rings (SSSR count). The Morgan fingerprint density at radius 3 is 2.33 bits per heavy atom. The summed E-state index contributed by atoms with van der Waals surface area (Å²) in [7, 11) is 0. The Balaban J connectivity index is 2.41. The zero-order chi connectivity index (χ0) is 13.6. The molecule has 0 aliphatic carbocycles. The van der Waals surface area contributed by atoms with E-state index in [9.17, 15) is 0 Å². The van der Waals surface area contributed by atoms with Crippen LogP contribution in [-0.2, 0) is 5.75 Å². The van der Waals surface area contributed by atoms with E-state index in [1.54, 1.807) is 0 Å². The minimum atomic E-state index is 0.309. The third kappa shape index (κ3) is 5.64. The van der Waals surface area contributed by atoms with E-state index in [2.05, 4.69) is 45.1 Å². The van der Waals surface area contributed by atoms with Crippen molar-refractivity contribution in [3.8, 4) is 0 Å². The quantitative estimate of drug-likeness (QED) is 0.820. The predicted molar refractivity (Wildman–Crippen MR) is 84.5 cm³/mol. The molecule has 0 bridgehead atoms. The summed E-state index contributed by atoms with van der Waals surface area (Å²) < 4.78 is 0. The molecule has 0 fully saturated rings. The number of hydrogen-bond donors (Lipinski definition) is 1. The van der Waals surface area contributed by atoms with Crippen molar-refractivity contribution in [3.63, 3.8) is 0 Å². The van der Waals surface area contributed by atoms with Gasteiger partial charge in [0.15, 0.2) is 0 Å². The van der Waals surface area contributed by atoms with Gasteiger partial charge in [-0.05, 0) is 29.7 Å². The Kier molecular flexibility index (Phi) is 6.54. The second-order valence-electron chi connectivity index (χ2n) is 5.62. The highest BCUT2D eigenvalue weighted by Gasteiger charge is 2.23. The van der Waals surface area contributed by atoms with Gasteiger partial charge in [-0.3, -0.25) is 0 Å². The van der Waals surface area contributed by atoms with Crippen LogP contribution in [0.1, 0.15) is 33.3 Å². The van der Waals surface area contributed by atoms with E-state index < -0.39 is 0 Å². The van der Waals surface area contributed by atoms with Gasteiger partial charge in [-0.15, -0.1) is 0 Å². The van der Waals surface area contributed by atoms with Crippen LogP contribution in [0.15, 0.2) is 24.3 Å². The summed E-state index contributed by atoms with van der Waals surface area (Å²) >= 11 is 7.86. The van der Waals surface area contributed by atoms with Gasteiger partial charge in [-0.1, -0.05) is 51.4 Å². The maximum Gasteiger partial charge on any atom is 0.0406 e. The summed E-state index contributed by atoms with van der Waals surface area (Å²) in [6.45, 7) is 10.1. The van der Waals surface area contributed by atoms with Crippen molar-refractivity contribution in [2.45, 2.75) is 39.5 Å². The average Bonchev–Trinajstić information content (AvgIpc) is 2.29. The van der Waals surface area contributed by atoms with Crippen molar-refractivity contribution in [1.82, 2.24) is 5.32 Å². The molecule has 0 spiro atoms. The first-order chi connectivity index (χ1) is 8.43. The molecular formula is C15H24ClNS. The summed E-state index contributed by atoms with van der Waals surface area (Å²) in [6, 6.07) is 8.69. The molecule has 0 radical (unpaired) electrons. The van der Waals surface area contributed by atoms with Crippen molar-refractivity contribution in [1.29, 1.82) is 0 Å². The first-order valence-electron chi connectivity index (χ1n) is 6.49. The molecule has 0 saturated heterocycles. The Bertz CT molecular complexity index is 343. The summed E-state index contributed by atoms with van der Waals surface area (Å²) in [6.07, 6.45) is 0. The lowest BCUT2D eigenvalue weighted by Crippen LogP contribution is -2.42. The van der Waals surface area contributed by atoms with E-state index >= 15 is 0 Å². The van der Waals surface area contributed by atoms with Crippen molar-refractivity contribution < 1.29 is 0 Å². The van der Waals surface area contributed by atoms with Crippen molar-refractivity contribution >= 4 is 23.4 Å². The topological polar surface area (TPSA) is 12.0 Å². The minimum absolute atomic E-state index is 0.309.